The van der Waals surface area contributed by atoms with Gasteiger partial charge in [-0.1, -0.05) is 27.7 Å². The number of fused-ring (bicyclic) bond motifs is 4. The third kappa shape index (κ3) is 11.6. The third-order valence-corrected chi connectivity index (χ3v) is 20.7. The molecule has 0 radical (unpaired) electrons. The van der Waals surface area contributed by atoms with E-state index in [4.69, 9.17) is 34.3 Å². The van der Waals surface area contributed by atoms with Crippen LogP contribution in [0.4, 0.5) is 11.5 Å². The zero-order chi connectivity index (χ0) is 53.2. The van der Waals surface area contributed by atoms with Gasteiger partial charge in [-0.25, -0.2) is 23.1 Å². The van der Waals surface area contributed by atoms with Gasteiger partial charge in [-0.3, -0.25) is 13.9 Å². The molecular weight excluding hydrogens is 1080 g/mol. The van der Waals surface area contributed by atoms with Crippen LogP contribution in [0, 0.1) is 0 Å². The minimum Gasteiger partial charge on any atom is -0.545 e. The van der Waals surface area contributed by atoms with Gasteiger partial charge < -0.3 is 59.6 Å². The van der Waals surface area contributed by atoms with Gasteiger partial charge in [-0.15, -0.1) is 0 Å². The fourth-order valence-electron chi connectivity index (χ4n) is 10.9. The maximum atomic E-state index is 13.9. The average molecular weight is 1130 g/mol. The summed E-state index contributed by atoms with van der Waals surface area (Å²) >= 11 is 0. The Bertz CT molecular complexity index is 3350. The lowest BCUT2D eigenvalue weighted by atomic mass is 9.81. The maximum Gasteiger partial charge on any atom is 0.490 e. The Labute approximate surface area is 437 Å². The minimum absolute atomic E-state index is 0.0250. The van der Waals surface area contributed by atoms with Crippen molar-refractivity contribution in [1.29, 1.82) is 0 Å². The number of aromatic carboxylic acids is 1. The monoisotopic (exact) mass is 1130 g/mol. The average Bonchev–Trinajstić information content (AvgIpc) is 3.77. The summed E-state index contributed by atoms with van der Waals surface area (Å²) in [5, 5.41) is 18.3. The summed E-state index contributed by atoms with van der Waals surface area (Å²) in [5.74, 6) is -0.467. The molecule has 0 aliphatic carbocycles. The summed E-state index contributed by atoms with van der Waals surface area (Å²) in [6, 6.07) is 10.5. The Balaban J connectivity index is 0.849. The highest BCUT2D eigenvalue weighted by Crippen LogP contribution is 2.66. The summed E-state index contributed by atoms with van der Waals surface area (Å²) < 4.78 is 69.9. The van der Waals surface area contributed by atoms with Crippen LogP contribution in [-0.2, 0) is 62.0 Å². The predicted octanol–water partition coefficient (Wildman–Crippen LogP) is 3.19. The molecule has 5 atom stereocenters. The summed E-state index contributed by atoms with van der Waals surface area (Å²) in [7, 11) is -14.4. The van der Waals surface area contributed by atoms with E-state index in [2.05, 4.69) is 40.5 Å². The number of nitrogens with zero attached hydrogens (tertiary/aromatic N) is 4. The maximum absolute atomic E-state index is 13.9. The molecule has 1 fully saturated rings. The van der Waals surface area contributed by atoms with Gasteiger partial charge in [0.15, 0.2) is 0 Å². The van der Waals surface area contributed by atoms with Crippen LogP contribution < -0.4 is 46.6 Å². The quantitative estimate of drug-likeness (QED) is 0.0241. The number of aryl methyl sites for hydroxylation is 2. The SMILES string of the molecule is CC(C)(CNC(=O)c1ccc(C2=c3cc4c5c(c3Oc3c2cc2c6c3CCCN6CCC2)CCC[N+]=5CCC4)c(C(=O)[O-])c1)SSCO[C@@H]1C[C@H](n2ccc(N)nc2=O)O[C@@H]1COP(=O)(O)OP(=O)(O)OP(=O)(O)O. The molecule has 402 valence electrons. The number of ether oxygens (including phenoxy) is 3. The molecule has 7 N–H and O–H groups in total. The molecule has 75 heavy (non-hydrogen) atoms. The number of nitrogen functional groups attached to an aromatic ring is 1. The number of carbonyl (C=O) groups is 2. The van der Waals surface area contributed by atoms with Gasteiger partial charge in [0.05, 0.1) is 24.2 Å². The number of phosphoric acid groups is 3. The molecule has 0 bridgehead atoms. The van der Waals surface area contributed by atoms with Gasteiger partial charge >= 0.3 is 29.2 Å². The van der Waals surface area contributed by atoms with Crippen LogP contribution in [0.3, 0.4) is 0 Å². The number of rotatable bonds is 18. The van der Waals surface area contributed by atoms with Crippen molar-refractivity contribution in [2.75, 3.05) is 55.9 Å². The first-order valence-corrected chi connectivity index (χ1v) is 31.2. The molecule has 1 amide bonds. The van der Waals surface area contributed by atoms with E-state index in [1.165, 1.54) is 62.1 Å². The van der Waals surface area contributed by atoms with Crippen molar-refractivity contribution in [3.8, 4) is 11.5 Å². The zero-order valence-corrected chi connectivity index (χ0v) is 45.0. The highest BCUT2D eigenvalue weighted by molar-refractivity contribution is 8.77. The number of amides is 1. The Morgan fingerprint density at radius 1 is 0.933 bits per heavy atom. The van der Waals surface area contributed by atoms with Crippen LogP contribution >= 0.6 is 45.1 Å². The Morgan fingerprint density at radius 2 is 1.67 bits per heavy atom. The number of carboxylic acids is 1. The number of aromatic nitrogens is 2. The number of nitrogens with two attached hydrogens (primary N) is 1. The first-order valence-electron chi connectivity index (χ1n) is 24.3. The van der Waals surface area contributed by atoms with Crippen molar-refractivity contribution >= 4 is 74.0 Å². The molecule has 1 saturated heterocycles. The lowest BCUT2D eigenvalue weighted by Gasteiger charge is -2.39. The number of benzene rings is 3. The van der Waals surface area contributed by atoms with Crippen molar-refractivity contribution in [3.05, 3.63) is 108 Å². The predicted molar refractivity (Wildman–Crippen MR) is 274 cm³/mol. The van der Waals surface area contributed by atoms with Crippen molar-refractivity contribution < 1.29 is 75.3 Å². The lowest BCUT2D eigenvalue weighted by molar-refractivity contribution is -0.255. The van der Waals surface area contributed by atoms with E-state index >= 15 is 0 Å². The van der Waals surface area contributed by atoms with Crippen LogP contribution in [-0.4, -0.2) is 103 Å². The number of hydrogen-bond acceptors (Lipinski definition) is 18. The molecule has 0 saturated carbocycles. The second-order valence-corrected chi connectivity index (χ2v) is 27.0. The van der Waals surface area contributed by atoms with Crippen molar-refractivity contribution in [2.24, 2.45) is 0 Å². The van der Waals surface area contributed by atoms with Crippen molar-refractivity contribution in [1.82, 2.24) is 19.4 Å². The highest BCUT2D eigenvalue weighted by atomic mass is 33.1. The molecule has 0 spiro atoms. The summed E-state index contributed by atoms with van der Waals surface area (Å²) in [4.78, 5) is 83.4. The van der Waals surface area contributed by atoms with Gasteiger partial charge in [0.2, 0.25) is 5.36 Å². The van der Waals surface area contributed by atoms with E-state index in [9.17, 15) is 43.0 Å². The van der Waals surface area contributed by atoms with E-state index in [1.54, 1.807) is 12.1 Å². The van der Waals surface area contributed by atoms with Gasteiger partial charge in [0.1, 0.15) is 48.7 Å². The normalized spacial score (nSPS) is 21.5. The molecule has 10 rings (SSSR count). The summed E-state index contributed by atoms with van der Waals surface area (Å²) in [6.07, 6.45) is 5.58. The fraction of sp³-hybridized carbons (Fsp3) is 0.468. The summed E-state index contributed by atoms with van der Waals surface area (Å²) in [5.41, 5.74) is 12.9. The standard InChI is InChI=1S/C47H55N6O17P3S2/c1-47(2,75-74-25-65-35-22-38(53-18-13-37(48)50-46(53)57)67-36(35)23-66-72(61,62)70-73(63,64)69-71(58,59)60)24-49-44(54)28-11-12-29(32(21-28)45(55)56)39-33-19-26-7-3-14-51-16-5-9-30(40(26)51)42(33)68-43-31-10-6-17-52-15-4-8-27(41(31)52)20-34(39)43/h11-13,18-21,35-36,38H,3-10,14-17,22-25H2,1-2H3,(H7-,48,49,50,54,55,56,57,58,59,60,61,62,63,64)/t35-,36-,38-/m1/s1. The Morgan fingerprint density at radius 3 is 2.41 bits per heavy atom. The second kappa shape index (κ2) is 21.1. The summed E-state index contributed by atoms with van der Waals surface area (Å²) in [6.45, 7) is 6.96. The lowest BCUT2D eigenvalue weighted by Crippen LogP contribution is -2.45. The van der Waals surface area contributed by atoms with Gasteiger partial charge in [-0.05, 0) is 93.8 Å². The third-order valence-electron chi connectivity index (χ3n) is 13.9. The molecule has 7 heterocycles. The molecular formula is C47H55N6O17P3S2. The molecule has 28 heteroatoms. The first kappa shape index (κ1) is 54.0. The fourth-order valence-corrected chi connectivity index (χ4v) is 16.1. The molecule has 1 aromatic heterocycles. The second-order valence-electron chi connectivity index (χ2n) is 19.7. The van der Waals surface area contributed by atoms with E-state index in [1.807, 2.05) is 13.8 Å². The number of carboxylic acid groups (broad SMARTS) is 1. The van der Waals surface area contributed by atoms with Crippen molar-refractivity contribution in [3.63, 3.8) is 0 Å². The Hall–Kier alpha value is -4.42. The first-order chi connectivity index (χ1) is 35.5. The molecule has 6 aliphatic rings. The molecule has 23 nitrogen and oxygen atoms in total. The van der Waals surface area contributed by atoms with Gasteiger partial charge in [0, 0.05) is 94.1 Å². The zero-order valence-electron chi connectivity index (χ0n) is 40.7. The molecule has 4 aromatic rings. The highest BCUT2D eigenvalue weighted by Gasteiger charge is 2.44. The van der Waals surface area contributed by atoms with E-state index in [-0.39, 0.29) is 35.8 Å². The van der Waals surface area contributed by atoms with Crippen LogP contribution in [0.25, 0.3) is 5.57 Å². The number of anilines is 2. The van der Waals surface area contributed by atoms with Crippen LogP contribution in [0.2, 0.25) is 0 Å². The van der Waals surface area contributed by atoms with E-state index in [0.717, 1.165) is 121 Å². The van der Waals surface area contributed by atoms with Crippen LogP contribution in [0.15, 0.2) is 47.4 Å². The largest absolute Gasteiger partial charge is 0.545 e. The van der Waals surface area contributed by atoms with E-state index < -0.39 is 70.8 Å². The van der Waals surface area contributed by atoms with Crippen LogP contribution in [0.5, 0.6) is 11.5 Å². The molecule has 2 unspecified atom stereocenters. The number of nitrogens with one attached hydrogen (secondary N) is 1. The van der Waals surface area contributed by atoms with Gasteiger partial charge in [-0.2, -0.15) is 13.6 Å². The van der Waals surface area contributed by atoms with Gasteiger partial charge in [0.25, 0.3) is 5.91 Å². The number of carbonyl (C=O) groups excluding carboxylic acids is 2. The number of phosphoric ester groups is 1. The van der Waals surface area contributed by atoms with Crippen LogP contribution in [0.1, 0.15) is 106 Å². The molecule has 3 aromatic carbocycles. The molecule has 6 aliphatic heterocycles. The Kier molecular flexibility index (Phi) is 15.2. The topological polar surface area (TPSA) is 324 Å². The smallest absolute Gasteiger partial charge is 0.490 e. The van der Waals surface area contributed by atoms with Crippen molar-refractivity contribution in [2.45, 2.75) is 94.8 Å². The number of hydrogen-bond donors (Lipinski definition) is 6. The van der Waals surface area contributed by atoms with E-state index in [0.29, 0.717) is 5.56 Å². The minimum atomic E-state index is -5.80.